The van der Waals surface area contributed by atoms with Gasteiger partial charge in [0.25, 0.3) is 5.56 Å². The third-order valence-electron chi connectivity index (χ3n) is 3.67. The third kappa shape index (κ3) is 2.79. The Hall–Kier alpha value is -2.82. The number of rotatable bonds is 4. The van der Waals surface area contributed by atoms with E-state index in [2.05, 4.69) is 15.1 Å². The second kappa shape index (κ2) is 5.89. The van der Waals surface area contributed by atoms with Gasteiger partial charge < -0.3 is 4.98 Å². The number of hydrogen-bond donors (Lipinski definition) is 2. The van der Waals surface area contributed by atoms with E-state index in [0.29, 0.717) is 17.6 Å². The topological polar surface area (TPSA) is 82.0 Å². The fraction of sp³-hybridized carbons (Fsp3) is 0.176. The highest BCUT2D eigenvalue weighted by atomic mass is 16.1. The standard InChI is InChI=1S/C17H16N4O/c1-11-6-8-12(9-7-11)15(21-18)10-16-17(22)20-14-5-3-2-4-13(14)19-16/h2-9,15,18H,10H2,1H3,(H,20,22). The van der Waals surface area contributed by atoms with Crippen LogP contribution in [0.25, 0.3) is 11.0 Å². The summed E-state index contributed by atoms with van der Waals surface area (Å²) in [5, 5.41) is 3.66. The lowest BCUT2D eigenvalue weighted by Gasteiger charge is -2.11. The lowest BCUT2D eigenvalue weighted by Crippen LogP contribution is -2.17. The summed E-state index contributed by atoms with van der Waals surface area (Å²) >= 11 is 0. The van der Waals surface area contributed by atoms with Crippen LogP contribution in [0.3, 0.4) is 0 Å². The van der Waals surface area contributed by atoms with Gasteiger partial charge in [-0.1, -0.05) is 42.0 Å². The summed E-state index contributed by atoms with van der Waals surface area (Å²) < 4.78 is 0. The Balaban J connectivity index is 1.96. The monoisotopic (exact) mass is 292 g/mol. The van der Waals surface area contributed by atoms with Gasteiger partial charge in [0.2, 0.25) is 0 Å². The Labute approximate surface area is 127 Å². The molecule has 3 aromatic rings. The molecule has 1 atom stereocenters. The van der Waals surface area contributed by atoms with Crippen LogP contribution in [-0.2, 0) is 6.42 Å². The summed E-state index contributed by atoms with van der Waals surface area (Å²) in [5.74, 6) is 0. The van der Waals surface area contributed by atoms with Crippen molar-refractivity contribution in [3.05, 3.63) is 75.7 Å². The van der Waals surface area contributed by atoms with Gasteiger partial charge in [0.15, 0.2) is 0 Å². The van der Waals surface area contributed by atoms with Crippen molar-refractivity contribution in [2.75, 3.05) is 0 Å². The molecule has 0 fully saturated rings. The molecule has 0 spiro atoms. The number of nitrogens with zero attached hydrogens (tertiary/aromatic N) is 2. The highest BCUT2D eigenvalue weighted by molar-refractivity contribution is 5.73. The number of aromatic nitrogens is 2. The molecule has 1 unspecified atom stereocenters. The van der Waals surface area contributed by atoms with Crippen LogP contribution >= 0.6 is 0 Å². The molecule has 1 heterocycles. The minimum atomic E-state index is -0.393. The number of fused-ring (bicyclic) bond motifs is 1. The number of para-hydroxylation sites is 2. The smallest absolute Gasteiger partial charge is 0.270 e. The largest absolute Gasteiger partial charge is 0.319 e. The average Bonchev–Trinajstić information content (AvgIpc) is 2.54. The molecular formula is C17H16N4O. The van der Waals surface area contributed by atoms with Gasteiger partial charge in [0.1, 0.15) is 11.7 Å². The number of hydrogen-bond acceptors (Lipinski definition) is 4. The Morgan fingerprint density at radius 1 is 1.18 bits per heavy atom. The molecule has 5 heteroatoms. The molecule has 0 aliphatic rings. The molecule has 110 valence electrons. The second-order valence-corrected chi connectivity index (χ2v) is 5.29. The van der Waals surface area contributed by atoms with Gasteiger partial charge in [0, 0.05) is 6.42 Å². The predicted octanol–water partition coefficient (Wildman–Crippen LogP) is 3.55. The zero-order valence-electron chi connectivity index (χ0n) is 12.2. The van der Waals surface area contributed by atoms with E-state index in [9.17, 15) is 4.79 Å². The zero-order chi connectivity index (χ0) is 15.5. The van der Waals surface area contributed by atoms with Gasteiger partial charge >= 0.3 is 0 Å². The van der Waals surface area contributed by atoms with Crippen LogP contribution in [0.15, 0.2) is 58.4 Å². The van der Waals surface area contributed by atoms with Crippen molar-refractivity contribution in [1.29, 1.82) is 5.53 Å². The lowest BCUT2D eigenvalue weighted by molar-refractivity contribution is 0.648. The number of nitrogens with one attached hydrogen (secondary N) is 2. The van der Waals surface area contributed by atoms with Crippen LogP contribution in [0.1, 0.15) is 22.9 Å². The minimum Gasteiger partial charge on any atom is -0.319 e. The summed E-state index contributed by atoms with van der Waals surface area (Å²) in [5.41, 5.74) is 11.1. The van der Waals surface area contributed by atoms with E-state index >= 15 is 0 Å². The Morgan fingerprint density at radius 3 is 2.64 bits per heavy atom. The maximum Gasteiger partial charge on any atom is 0.270 e. The quantitative estimate of drug-likeness (QED) is 0.721. The molecule has 5 nitrogen and oxygen atoms in total. The van der Waals surface area contributed by atoms with E-state index in [0.717, 1.165) is 16.6 Å². The van der Waals surface area contributed by atoms with Gasteiger partial charge in [-0.3, -0.25) is 4.79 Å². The summed E-state index contributed by atoms with van der Waals surface area (Å²) in [4.78, 5) is 19.4. The second-order valence-electron chi connectivity index (χ2n) is 5.29. The van der Waals surface area contributed by atoms with Gasteiger partial charge in [-0.25, -0.2) is 10.5 Å². The van der Waals surface area contributed by atoms with Crippen LogP contribution in [-0.4, -0.2) is 9.97 Å². The Kier molecular flexibility index (Phi) is 3.78. The number of aromatic amines is 1. The molecule has 0 aliphatic carbocycles. The molecular weight excluding hydrogens is 276 g/mol. The van der Waals surface area contributed by atoms with Gasteiger partial charge in [-0.2, -0.15) is 5.11 Å². The van der Waals surface area contributed by atoms with E-state index in [4.69, 9.17) is 5.53 Å². The lowest BCUT2D eigenvalue weighted by atomic mass is 10.0. The average molecular weight is 292 g/mol. The predicted molar refractivity (Wildman–Crippen MR) is 85.1 cm³/mol. The van der Waals surface area contributed by atoms with E-state index in [1.165, 1.54) is 0 Å². The highest BCUT2D eigenvalue weighted by Crippen LogP contribution is 2.21. The first-order valence-corrected chi connectivity index (χ1v) is 7.08. The molecule has 22 heavy (non-hydrogen) atoms. The maximum absolute atomic E-state index is 12.1. The first-order valence-electron chi connectivity index (χ1n) is 7.08. The van der Waals surface area contributed by atoms with Crippen LogP contribution in [0.5, 0.6) is 0 Å². The van der Waals surface area contributed by atoms with E-state index in [1.807, 2.05) is 55.5 Å². The SMILES string of the molecule is Cc1ccc(C(Cc2nc3ccccc3[nH]c2=O)N=N)cc1. The van der Waals surface area contributed by atoms with E-state index < -0.39 is 6.04 Å². The first-order chi connectivity index (χ1) is 10.7. The van der Waals surface area contributed by atoms with Gasteiger partial charge in [0.05, 0.1) is 11.0 Å². The summed E-state index contributed by atoms with van der Waals surface area (Å²) in [7, 11) is 0. The molecule has 0 saturated carbocycles. The third-order valence-corrected chi connectivity index (χ3v) is 3.67. The van der Waals surface area contributed by atoms with Crippen LogP contribution < -0.4 is 5.56 Å². The highest BCUT2D eigenvalue weighted by Gasteiger charge is 2.15. The van der Waals surface area contributed by atoms with Crippen molar-refractivity contribution in [2.24, 2.45) is 5.11 Å². The number of H-pyrrole nitrogens is 1. The molecule has 0 bridgehead atoms. The fourth-order valence-electron chi connectivity index (χ4n) is 2.42. The van der Waals surface area contributed by atoms with Crippen LogP contribution in [0.4, 0.5) is 0 Å². The Bertz CT molecular complexity index is 868. The van der Waals surface area contributed by atoms with Crippen molar-refractivity contribution in [1.82, 2.24) is 9.97 Å². The number of benzene rings is 2. The summed E-state index contributed by atoms with van der Waals surface area (Å²) in [6.45, 7) is 2.01. The summed E-state index contributed by atoms with van der Waals surface area (Å²) in [6.07, 6.45) is 0.312. The fourth-order valence-corrected chi connectivity index (χ4v) is 2.42. The zero-order valence-corrected chi connectivity index (χ0v) is 12.2. The molecule has 0 radical (unpaired) electrons. The molecule has 2 aromatic carbocycles. The van der Waals surface area contributed by atoms with Gasteiger partial charge in [-0.05, 0) is 24.6 Å². The maximum atomic E-state index is 12.1. The minimum absolute atomic E-state index is 0.223. The van der Waals surface area contributed by atoms with Crippen molar-refractivity contribution >= 4 is 11.0 Å². The molecule has 0 amide bonds. The van der Waals surface area contributed by atoms with E-state index in [-0.39, 0.29) is 5.56 Å². The van der Waals surface area contributed by atoms with Crippen molar-refractivity contribution < 1.29 is 0 Å². The molecule has 2 N–H and O–H groups in total. The van der Waals surface area contributed by atoms with Crippen LogP contribution in [0, 0.1) is 12.5 Å². The van der Waals surface area contributed by atoms with Crippen molar-refractivity contribution in [3.63, 3.8) is 0 Å². The van der Waals surface area contributed by atoms with Crippen molar-refractivity contribution in [2.45, 2.75) is 19.4 Å². The molecule has 3 rings (SSSR count). The van der Waals surface area contributed by atoms with Crippen molar-refractivity contribution in [3.8, 4) is 0 Å². The Morgan fingerprint density at radius 2 is 1.91 bits per heavy atom. The molecule has 1 aromatic heterocycles. The van der Waals surface area contributed by atoms with E-state index in [1.54, 1.807) is 0 Å². The normalized spacial score (nSPS) is 12.2. The summed E-state index contributed by atoms with van der Waals surface area (Å²) in [6, 6.07) is 14.8. The first kappa shape index (κ1) is 14.1. The van der Waals surface area contributed by atoms with Gasteiger partial charge in [-0.15, -0.1) is 0 Å². The molecule has 0 saturated heterocycles. The van der Waals surface area contributed by atoms with Crippen LogP contribution in [0.2, 0.25) is 0 Å². The number of aryl methyl sites for hydroxylation is 1. The molecule has 0 aliphatic heterocycles.